The minimum atomic E-state index is -0.179. The lowest BCUT2D eigenvalue weighted by atomic mass is 9.72. The van der Waals surface area contributed by atoms with Crippen molar-refractivity contribution in [1.29, 1.82) is 0 Å². The van der Waals surface area contributed by atoms with Crippen LogP contribution < -0.4 is 5.73 Å². The maximum absolute atomic E-state index is 11.4. The molecule has 0 radical (unpaired) electrons. The Bertz CT molecular complexity index is 247. The smallest absolute Gasteiger partial charge is 0.409 e. The molecule has 2 aliphatic rings. The maximum atomic E-state index is 11.4. The van der Waals surface area contributed by atoms with Crippen molar-refractivity contribution >= 4 is 6.09 Å². The highest BCUT2D eigenvalue weighted by Crippen LogP contribution is 2.43. The van der Waals surface area contributed by atoms with Crippen molar-refractivity contribution in [3.8, 4) is 0 Å². The van der Waals surface area contributed by atoms with Gasteiger partial charge >= 0.3 is 6.09 Å². The molecule has 0 aromatic heterocycles. The van der Waals surface area contributed by atoms with Crippen LogP contribution in [0.4, 0.5) is 4.79 Å². The van der Waals surface area contributed by atoms with Crippen LogP contribution in [0.2, 0.25) is 0 Å². The van der Waals surface area contributed by atoms with Crippen LogP contribution in [0.3, 0.4) is 0 Å². The zero-order chi connectivity index (χ0) is 10.9. The number of carbonyl (C=O) groups excluding carboxylic acids is 1. The summed E-state index contributed by atoms with van der Waals surface area (Å²) in [5.74, 6) is 0. The van der Waals surface area contributed by atoms with Crippen LogP contribution in [-0.2, 0) is 4.74 Å². The first kappa shape index (κ1) is 10.7. The molecule has 1 saturated carbocycles. The predicted molar refractivity (Wildman–Crippen MR) is 57.5 cm³/mol. The minimum Gasteiger partial charge on any atom is -0.453 e. The molecule has 1 heterocycles. The number of rotatable bonds is 0. The van der Waals surface area contributed by atoms with E-state index in [4.69, 9.17) is 10.5 Å². The van der Waals surface area contributed by atoms with Crippen molar-refractivity contribution in [3.05, 3.63) is 0 Å². The highest BCUT2D eigenvalue weighted by atomic mass is 16.5. The summed E-state index contributed by atoms with van der Waals surface area (Å²) in [6, 6.07) is 0.378. The largest absolute Gasteiger partial charge is 0.453 e. The van der Waals surface area contributed by atoms with E-state index in [9.17, 15) is 4.79 Å². The van der Waals surface area contributed by atoms with Gasteiger partial charge in [0.15, 0.2) is 0 Å². The second kappa shape index (κ2) is 4.00. The van der Waals surface area contributed by atoms with Crippen molar-refractivity contribution < 1.29 is 9.53 Å². The summed E-state index contributed by atoms with van der Waals surface area (Å²) < 4.78 is 4.75. The van der Waals surface area contributed by atoms with Crippen LogP contribution in [-0.4, -0.2) is 37.2 Å². The van der Waals surface area contributed by atoms with Crippen molar-refractivity contribution in [1.82, 2.24) is 4.90 Å². The van der Waals surface area contributed by atoms with Gasteiger partial charge in [-0.05, 0) is 37.5 Å². The van der Waals surface area contributed by atoms with E-state index in [1.54, 1.807) is 0 Å². The number of methoxy groups -OCH3 is 1. The van der Waals surface area contributed by atoms with Gasteiger partial charge in [-0.1, -0.05) is 0 Å². The fourth-order valence-corrected chi connectivity index (χ4v) is 2.88. The predicted octanol–water partition coefficient (Wildman–Crippen LogP) is 1.35. The molecular formula is C11H20N2O2. The monoisotopic (exact) mass is 212 g/mol. The molecule has 0 aromatic carbocycles. The van der Waals surface area contributed by atoms with Crippen molar-refractivity contribution in [3.63, 3.8) is 0 Å². The molecule has 0 bridgehead atoms. The first-order valence-corrected chi connectivity index (χ1v) is 5.74. The van der Waals surface area contributed by atoms with Crippen LogP contribution in [0.25, 0.3) is 0 Å². The number of nitrogens with two attached hydrogens (primary N) is 1. The van der Waals surface area contributed by atoms with Gasteiger partial charge in [0, 0.05) is 19.1 Å². The third-order valence-corrected chi connectivity index (χ3v) is 3.96. The Kier molecular flexibility index (Phi) is 2.87. The second-order valence-electron chi connectivity index (χ2n) is 4.98. The molecule has 1 amide bonds. The number of nitrogens with zero attached hydrogens (tertiary/aromatic N) is 1. The van der Waals surface area contributed by atoms with E-state index >= 15 is 0 Å². The normalized spacial score (nSPS) is 35.9. The molecule has 0 atom stereocenters. The van der Waals surface area contributed by atoms with Crippen molar-refractivity contribution in [2.45, 2.75) is 38.1 Å². The van der Waals surface area contributed by atoms with E-state index in [1.165, 1.54) is 20.0 Å². The molecular weight excluding hydrogens is 192 g/mol. The van der Waals surface area contributed by atoms with E-state index in [1.807, 2.05) is 4.90 Å². The SMILES string of the molecule is COC(=O)N1CCC2(CCC(N)CC2)C1. The Hall–Kier alpha value is -0.770. The van der Waals surface area contributed by atoms with Gasteiger partial charge in [0.1, 0.15) is 0 Å². The average Bonchev–Trinajstić information content (AvgIpc) is 2.66. The summed E-state index contributed by atoms with van der Waals surface area (Å²) in [6.45, 7) is 1.72. The lowest BCUT2D eigenvalue weighted by Crippen LogP contribution is -2.37. The number of hydrogen-bond acceptors (Lipinski definition) is 3. The van der Waals surface area contributed by atoms with Crippen LogP contribution in [0, 0.1) is 5.41 Å². The molecule has 0 unspecified atom stereocenters. The third kappa shape index (κ3) is 2.09. The molecule has 4 heteroatoms. The van der Waals surface area contributed by atoms with Gasteiger partial charge in [-0.3, -0.25) is 0 Å². The van der Waals surface area contributed by atoms with Gasteiger partial charge in [0.2, 0.25) is 0 Å². The number of hydrogen-bond donors (Lipinski definition) is 1. The van der Waals surface area contributed by atoms with Crippen LogP contribution >= 0.6 is 0 Å². The second-order valence-corrected chi connectivity index (χ2v) is 4.98. The van der Waals surface area contributed by atoms with Gasteiger partial charge in [-0.25, -0.2) is 4.79 Å². The first-order chi connectivity index (χ1) is 7.15. The standard InChI is InChI=1S/C11H20N2O2/c1-15-10(14)13-7-6-11(8-13)4-2-9(12)3-5-11/h9H,2-8,12H2,1H3. The zero-order valence-corrected chi connectivity index (χ0v) is 9.37. The van der Waals surface area contributed by atoms with Crippen LogP contribution in [0.5, 0.6) is 0 Å². The third-order valence-electron chi connectivity index (χ3n) is 3.96. The fourth-order valence-electron chi connectivity index (χ4n) is 2.88. The van der Waals surface area contributed by atoms with Gasteiger partial charge in [0.05, 0.1) is 7.11 Å². The van der Waals surface area contributed by atoms with Gasteiger partial charge < -0.3 is 15.4 Å². The Morgan fingerprint density at radius 3 is 2.67 bits per heavy atom. The zero-order valence-electron chi connectivity index (χ0n) is 9.37. The molecule has 1 spiro atoms. The highest BCUT2D eigenvalue weighted by molar-refractivity contribution is 5.67. The molecule has 2 rings (SSSR count). The Morgan fingerprint density at radius 2 is 2.07 bits per heavy atom. The van der Waals surface area contributed by atoms with Crippen LogP contribution in [0.15, 0.2) is 0 Å². The molecule has 1 aliphatic heterocycles. The van der Waals surface area contributed by atoms with E-state index in [0.717, 1.165) is 32.4 Å². The van der Waals surface area contributed by atoms with Gasteiger partial charge in [-0.15, -0.1) is 0 Å². The van der Waals surface area contributed by atoms with Crippen molar-refractivity contribution in [2.75, 3.05) is 20.2 Å². The topological polar surface area (TPSA) is 55.6 Å². The summed E-state index contributed by atoms with van der Waals surface area (Å²) in [4.78, 5) is 13.2. The number of likely N-dealkylation sites (tertiary alicyclic amines) is 1. The molecule has 4 nitrogen and oxygen atoms in total. The molecule has 2 fully saturated rings. The number of ether oxygens (including phenoxy) is 1. The van der Waals surface area contributed by atoms with Gasteiger partial charge in [0.25, 0.3) is 0 Å². The average molecular weight is 212 g/mol. The molecule has 86 valence electrons. The lowest BCUT2D eigenvalue weighted by Gasteiger charge is -2.35. The van der Waals surface area contributed by atoms with E-state index in [-0.39, 0.29) is 6.09 Å². The first-order valence-electron chi connectivity index (χ1n) is 5.74. The highest BCUT2D eigenvalue weighted by Gasteiger charge is 2.42. The van der Waals surface area contributed by atoms with Crippen molar-refractivity contribution in [2.24, 2.45) is 11.1 Å². The summed E-state index contributed by atoms with van der Waals surface area (Å²) in [6.07, 6.45) is 5.49. The lowest BCUT2D eigenvalue weighted by molar-refractivity contribution is 0.119. The number of amides is 1. The summed E-state index contributed by atoms with van der Waals surface area (Å²) in [5, 5.41) is 0. The van der Waals surface area contributed by atoms with Gasteiger partial charge in [-0.2, -0.15) is 0 Å². The minimum absolute atomic E-state index is 0.179. The summed E-state index contributed by atoms with van der Waals surface area (Å²) in [7, 11) is 1.45. The van der Waals surface area contributed by atoms with Crippen LogP contribution in [0.1, 0.15) is 32.1 Å². The summed E-state index contributed by atoms with van der Waals surface area (Å²) >= 11 is 0. The molecule has 2 N–H and O–H groups in total. The Balaban J connectivity index is 1.93. The molecule has 1 aliphatic carbocycles. The van der Waals surface area contributed by atoms with E-state index in [0.29, 0.717) is 11.5 Å². The van der Waals surface area contributed by atoms with E-state index in [2.05, 4.69) is 0 Å². The number of carbonyl (C=O) groups is 1. The fraction of sp³-hybridized carbons (Fsp3) is 0.909. The molecule has 1 saturated heterocycles. The maximum Gasteiger partial charge on any atom is 0.409 e. The Morgan fingerprint density at radius 1 is 1.40 bits per heavy atom. The quantitative estimate of drug-likeness (QED) is 0.659. The van der Waals surface area contributed by atoms with E-state index < -0.39 is 0 Å². The Labute approximate surface area is 90.8 Å². The molecule has 0 aromatic rings. The molecule has 15 heavy (non-hydrogen) atoms. The summed E-state index contributed by atoms with van der Waals surface area (Å²) in [5.41, 5.74) is 6.25.